The molecule has 8 heteroatoms. The van der Waals surface area contributed by atoms with Crippen LogP contribution in [0, 0.1) is 0 Å². The molecule has 0 amide bonds. The van der Waals surface area contributed by atoms with Crippen LogP contribution in [0.2, 0.25) is 0 Å². The first-order chi connectivity index (χ1) is 6.37. The molecule has 14 heavy (non-hydrogen) atoms. The van der Waals surface area contributed by atoms with Crippen molar-refractivity contribution < 1.29 is 28.3 Å². The van der Waals surface area contributed by atoms with Crippen LogP contribution in [-0.2, 0) is 10.1 Å². The van der Waals surface area contributed by atoms with Crippen molar-refractivity contribution in [3.05, 3.63) is 0 Å². The molecule has 0 fully saturated rings. The molecule has 0 aliphatic carbocycles. The topological polar surface area (TPSA) is 127 Å². The highest BCUT2D eigenvalue weighted by atomic mass is 32.2. The Morgan fingerprint density at radius 3 is 1.79 bits per heavy atom. The van der Waals surface area contributed by atoms with Gasteiger partial charge in [0.2, 0.25) is 0 Å². The van der Waals surface area contributed by atoms with Gasteiger partial charge >= 0.3 is 0 Å². The number of rotatable bonds is 6. The fraction of sp³-hybridized carbons (Fsp3) is 1.00. The van der Waals surface area contributed by atoms with Gasteiger partial charge in [0.15, 0.2) is 0 Å². The van der Waals surface area contributed by atoms with Crippen LogP contribution in [-0.4, -0.2) is 65.9 Å². The smallest absolute Gasteiger partial charge is 0.272 e. The van der Waals surface area contributed by atoms with E-state index in [0.29, 0.717) is 0 Å². The third-order valence-corrected chi connectivity index (χ3v) is 3.52. The number of hydrogen-bond donors (Lipinski definition) is 5. The second-order valence-corrected chi connectivity index (χ2v) is 4.51. The van der Waals surface area contributed by atoms with Crippen LogP contribution in [0.15, 0.2) is 0 Å². The monoisotopic (exact) mass is 229 g/mol. The van der Waals surface area contributed by atoms with E-state index in [9.17, 15) is 8.42 Å². The Kier molecular flexibility index (Phi) is 4.92. The van der Waals surface area contributed by atoms with Crippen molar-refractivity contribution >= 4 is 10.1 Å². The molecule has 0 aromatic heterocycles. The Morgan fingerprint density at radius 1 is 1.29 bits per heavy atom. The van der Waals surface area contributed by atoms with E-state index >= 15 is 0 Å². The van der Waals surface area contributed by atoms with Crippen molar-refractivity contribution in [1.29, 1.82) is 0 Å². The van der Waals surface area contributed by atoms with E-state index in [1.807, 2.05) is 0 Å². The lowest BCUT2D eigenvalue weighted by Crippen LogP contribution is -2.62. The first kappa shape index (κ1) is 13.8. The summed E-state index contributed by atoms with van der Waals surface area (Å²) in [7, 11) is -3.24. The third-order valence-electron chi connectivity index (χ3n) is 2.20. The molecular weight excluding hydrogens is 214 g/mol. The summed E-state index contributed by atoms with van der Waals surface area (Å²) in [6, 6.07) is 0. The van der Waals surface area contributed by atoms with Gasteiger partial charge in [0, 0.05) is 0 Å². The van der Waals surface area contributed by atoms with Crippen molar-refractivity contribution in [2.45, 2.75) is 10.8 Å². The number of nitrogens with one attached hydrogen (secondary N) is 1. The molecule has 0 aliphatic rings. The zero-order valence-corrected chi connectivity index (χ0v) is 8.53. The van der Waals surface area contributed by atoms with Gasteiger partial charge in [-0.2, -0.15) is 8.42 Å². The number of aliphatic hydroxyl groups is 3. The highest BCUT2D eigenvalue weighted by molar-refractivity contribution is 7.86. The van der Waals surface area contributed by atoms with E-state index < -0.39 is 40.7 Å². The van der Waals surface area contributed by atoms with E-state index in [2.05, 4.69) is 5.32 Å². The van der Waals surface area contributed by atoms with Gasteiger partial charge in [-0.15, -0.1) is 0 Å². The fourth-order valence-electron chi connectivity index (χ4n) is 1.13. The van der Waals surface area contributed by atoms with Gasteiger partial charge in [-0.3, -0.25) is 4.55 Å². The van der Waals surface area contributed by atoms with Crippen LogP contribution in [0.5, 0.6) is 0 Å². The maximum atomic E-state index is 10.8. The molecule has 0 bridgehead atoms. The zero-order valence-electron chi connectivity index (χ0n) is 7.71. The first-order valence-corrected chi connectivity index (χ1v) is 5.36. The second kappa shape index (κ2) is 5.01. The van der Waals surface area contributed by atoms with Gasteiger partial charge in [0.25, 0.3) is 10.1 Å². The Hall–Kier alpha value is -0.250. The van der Waals surface area contributed by atoms with Crippen LogP contribution in [0.1, 0.15) is 0 Å². The average Bonchev–Trinajstić information content (AvgIpc) is 2.12. The van der Waals surface area contributed by atoms with Gasteiger partial charge in [0.1, 0.15) is 5.25 Å². The predicted molar refractivity (Wildman–Crippen MR) is 48.4 cm³/mol. The minimum Gasteiger partial charge on any atom is -0.395 e. The largest absolute Gasteiger partial charge is 0.395 e. The number of aliphatic hydroxyl groups excluding tert-OH is 3. The number of hydrogen-bond acceptors (Lipinski definition) is 6. The van der Waals surface area contributed by atoms with Crippen LogP contribution < -0.4 is 5.32 Å². The van der Waals surface area contributed by atoms with E-state index in [4.69, 9.17) is 19.9 Å². The first-order valence-electron chi connectivity index (χ1n) is 3.85. The summed E-state index contributed by atoms with van der Waals surface area (Å²) in [5.74, 6) is 0. The minimum absolute atomic E-state index is 0.731. The lowest BCUT2D eigenvalue weighted by Gasteiger charge is -2.34. The maximum absolute atomic E-state index is 10.8. The summed E-state index contributed by atoms with van der Waals surface area (Å²) in [5, 5.41) is 27.4. The summed E-state index contributed by atoms with van der Waals surface area (Å²) < 4.78 is 30.4. The molecule has 0 aromatic rings. The lowest BCUT2D eigenvalue weighted by molar-refractivity contribution is 0.0749. The SMILES string of the molecule is CNC(CO)(CO)C(CO)S(=O)(=O)O. The molecule has 5 N–H and O–H groups in total. The standard InChI is InChI=1S/C6H15NO6S/c1-7-6(3-9,4-10)5(2-8)14(11,12)13/h5,7-10H,2-4H2,1H3,(H,11,12,13). The molecular formula is C6H15NO6S. The average molecular weight is 229 g/mol. The van der Waals surface area contributed by atoms with Crippen LogP contribution in [0.4, 0.5) is 0 Å². The van der Waals surface area contributed by atoms with Gasteiger partial charge in [-0.1, -0.05) is 0 Å². The molecule has 0 aliphatic heterocycles. The van der Waals surface area contributed by atoms with Gasteiger partial charge in [-0.25, -0.2) is 0 Å². The normalized spacial score (nSPS) is 15.5. The number of likely N-dealkylation sites (N-methyl/N-ethyl adjacent to an activating group) is 1. The van der Waals surface area contributed by atoms with E-state index in [1.165, 1.54) is 7.05 Å². The molecule has 0 saturated carbocycles. The Balaban J connectivity index is 5.15. The fourth-order valence-corrected chi connectivity index (χ4v) is 2.15. The maximum Gasteiger partial charge on any atom is 0.272 e. The van der Waals surface area contributed by atoms with Crippen LogP contribution in [0.3, 0.4) is 0 Å². The predicted octanol–water partition coefficient (Wildman–Crippen LogP) is -2.82. The quantitative estimate of drug-likeness (QED) is 0.311. The van der Waals surface area contributed by atoms with E-state index in [0.717, 1.165) is 0 Å². The van der Waals surface area contributed by atoms with Crippen molar-refractivity contribution in [2.75, 3.05) is 26.9 Å². The third kappa shape index (κ3) is 2.62. The molecule has 0 radical (unpaired) electrons. The van der Waals surface area contributed by atoms with Gasteiger partial charge < -0.3 is 20.6 Å². The molecule has 0 rings (SSSR count). The summed E-state index contributed by atoms with van der Waals surface area (Å²) in [6.07, 6.45) is 0. The minimum atomic E-state index is -4.54. The summed E-state index contributed by atoms with van der Waals surface area (Å²) in [6.45, 7) is -2.36. The molecule has 0 spiro atoms. The van der Waals surface area contributed by atoms with Crippen LogP contribution in [0.25, 0.3) is 0 Å². The van der Waals surface area contributed by atoms with Crippen molar-refractivity contribution in [1.82, 2.24) is 5.32 Å². The summed E-state index contributed by atoms with van der Waals surface area (Å²) in [4.78, 5) is 0. The van der Waals surface area contributed by atoms with Crippen molar-refractivity contribution in [2.24, 2.45) is 0 Å². The lowest BCUT2D eigenvalue weighted by atomic mass is 9.97. The van der Waals surface area contributed by atoms with Gasteiger partial charge in [-0.05, 0) is 7.05 Å². The van der Waals surface area contributed by atoms with Crippen molar-refractivity contribution in [3.8, 4) is 0 Å². The second-order valence-electron chi connectivity index (χ2n) is 2.91. The van der Waals surface area contributed by atoms with Gasteiger partial charge in [0.05, 0.1) is 25.4 Å². The molecule has 0 saturated heterocycles. The molecule has 1 unspecified atom stereocenters. The van der Waals surface area contributed by atoms with E-state index in [-0.39, 0.29) is 0 Å². The Labute approximate surface area is 82.1 Å². The molecule has 1 atom stereocenters. The van der Waals surface area contributed by atoms with E-state index in [1.54, 1.807) is 0 Å². The Morgan fingerprint density at radius 2 is 1.71 bits per heavy atom. The summed E-state index contributed by atoms with van der Waals surface area (Å²) in [5.41, 5.74) is -1.65. The van der Waals surface area contributed by atoms with Crippen LogP contribution >= 0.6 is 0 Å². The summed E-state index contributed by atoms with van der Waals surface area (Å²) >= 11 is 0. The molecule has 86 valence electrons. The molecule has 0 heterocycles. The molecule has 0 aromatic carbocycles. The highest BCUT2D eigenvalue weighted by Gasteiger charge is 2.44. The zero-order chi connectivity index (χ0) is 11.4. The Bertz CT molecular complexity index is 251. The van der Waals surface area contributed by atoms with Crippen molar-refractivity contribution in [3.63, 3.8) is 0 Å². The molecule has 7 nitrogen and oxygen atoms in total. The highest BCUT2D eigenvalue weighted by Crippen LogP contribution is 2.16.